The Kier molecular flexibility index (Phi) is 5.37. The first-order valence-corrected chi connectivity index (χ1v) is 7.01. The number of nitrogens with zero attached hydrogens (tertiary/aromatic N) is 3. The molecule has 0 aliphatic heterocycles. The summed E-state index contributed by atoms with van der Waals surface area (Å²) in [4.78, 5) is 14.1. The molecule has 1 rings (SSSR count). The van der Waals surface area contributed by atoms with Gasteiger partial charge in [0.2, 0.25) is 10.0 Å². The fraction of sp³-hybridized carbons (Fsp3) is 0.250. The van der Waals surface area contributed by atoms with E-state index in [1.807, 2.05) is 6.07 Å². The Labute approximate surface area is 116 Å². The van der Waals surface area contributed by atoms with Crippen LogP contribution in [0, 0.1) is 11.3 Å². The van der Waals surface area contributed by atoms with E-state index in [1.54, 1.807) is 0 Å². The molecular formula is C12H13N3O4S. The van der Waals surface area contributed by atoms with Crippen molar-refractivity contribution >= 4 is 22.1 Å². The molecule has 0 fully saturated rings. The van der Waals surface area contributed by atoms with Crippen LogP contribution in [0.4, 0.5) is 0 Å². The molecule has 0 atom stereocenters. The topological polar surface area (TPSA) is 111 Å². The van der Waals surface area contributed by atoms with Crippen LogP contribution in [-0.4, -0.2) is 42.4 Å². The van der Waals surface area contributed by atoms with Gasteiger partial charge < -0.3 is 5.11 Å². The van der Waals surface area contributed by atoms with Crippen molar-refractivity contribution < 1.29 is 18.3 Å². The number of carboxylic acid groups (broad SMARTS) is 1. The minimum absolute atomic E-state index is 0.0505. The Hall–Kier alpha value is -2.24. The zero-order chi connectivity index (χ0) is 15.2. The third-order valence-corrected chi connectivity index (χ3v) is 4.22. The smallest absolute Gasteiger partial charge is 0.328 e. The predicted molar refractivity (Wildman–Crippen MR) is 71.0 cm³/mol. The van der Waals surface area contributed by atoms with E-state index in [9.17, 15) is 13.2 Å². The van der Waals surface area contributed by atoms with Gasteiger partial charge in [-0.3, -0.25) is 4.98 Å². The maximum Gasteiger partial charge on any atom is 0.328 e. The quantitative estimate of drug-likeness (QED) is 0.774. The highest BCUT2D eigenvalue weighted by Crippen LogP contribution is 2.15. The van der Waals surface area contributed by atoms with Gasteiger partial charge in [0, 0.05) is 38.5 Å². The Morgan fingerprint density at radius 3 is 2.85 bits per heavy atom. The molecule has 1 aromatic heterocycles. The van der Waals surface area contributed by atoms with E-state index in [0.717, 1.165) is 10.4 Å². The van der Waals surface area contributed by atoms with Crippen LogP contribution in [0.25, 0.3) is 6.08 Å². The number of rotatable bonds is 6. The number of hydrogen-bond acceptors (Lipinski definition) is 5. The first-order valence-electron chi connectivity index (χ1n) is 5.57. The van der Waals surface area contributed by atoms with Gasteiger partial charge in [-0.2, -0.15) is 9.57 Å². The van der Waals surface area contributed by atoms with Gasteiger partial charge >= 0.3 is 5.97 Å². The molecule has 1 N–H and O–H groups in total. The summed E-state index contributed by atoms with van der Waals surface area (Å²) in [5.41, 5.74) is 0.363. The van der Waals surface area contributed by atoms with E-state index in [-0.39, 0.29) is 17.9 Å². The summed E-state index contributed by atoms with van der Waals surface area (Å²) < 4.78 is 25.4. The van der Waals surface area contributed by atoms with Crippen molar-refractivity contribution in [1.82, 2.24) is 9.29 Å². The van der Waals surface area contributed by atoms with Gasteiger partial charge in [0.25, 0.3) is 0 Å². The SMILES string of the molecule is CN(CCC#N)S(=O)(=O)c1cncc(C=CC(=O)O)c1. The lowest BCUT2D eigenvalue weighted by Gasteiger charge is -2.15. The molecule has 0 amide bonds. The highest BCUT2D eigenvalue weighted by atomic mass is 32.2. The van der Waals surface area contributed by atoms with E-state index in [4.69, 9.17) is 10.4 Å². The highest BCUT2D eigenvalue weighted by Gasteiger charge is 2.20. The van der Waals surface area contributed by atoms with Crippen LogP contribution < -0.4 is 0 Å². The van der Waals surface area contributed by atoms with Gasteiger partial charge in [-0.25, -0.2) is 13.2 Å². The zero-order valence-electron chi connectivity index (χ0n) is 10.7. The molecule has 106 valence electrons. The van der Waals surface area contributed by atoms with E-state index in [2.05, 4.69) is 4.98 Å². The molecule has 7 nitrogen and oxygen atoms in total. The summed E-state index contributed by atoms with van der Waals surface area (Å²) in [6.45, 7) is 0.0774. The first kappa shape index (κ1) is 15.8. The number of nitriles is 1. The van der Waals surface area contributed by atoms with Crippen molar-refractivity contribution in [1.29, 1.82) is 5.26 Å². The largest absolute Gasteiger partial charge is 0.478 e. The Bertz CT molecular complexity index is 662. The lowest BCUT2D eigenvalue weighted by Crippen LogP contribution is -2.27. The summed E-state index contributed by atoms with van der Waals surface area (Å²) in [5.74, 6) is -1.13. The van der Waals surface area contributed by atoms with Gasteiger partial charge in [0.05, 0.1) is 6.07 Å². The predicted octanol–water partition coefficient (Wildman–Crippen LogP) is 0.714. The molecule has 0 radical (unpaired) electrons. The van der Waals surface area contributed by atoms with E-state index >= 15 is 0 Å². The molecule has 8 heteroatoms. The molecule has 0 saturated heterocycles. The summed E-state index contributed by atoms with van der Waals surface area (Å²) in [6.07, 6.45) is 4.77. The van der Waals surface area contributed by atoms with Crippen molar-refractivity contribution in [3.63, 3.8) is 0 Å². The summed E-state index contributed by atoms with van der Waals surface area (Å²) >= 11 is 0. The van der Waals surface area contributed by atoms with Crippen molar-refractivity contribution in [2.75, 3.05) is 13.6 Å². The Morgan fingerprint density at radius 1 is 1.55 bits per heavy atom. The lowest BCUT2D eigenvalue weighted by atomic mass is 10.2. The van der Waals surface area contributed by atoms with Crippen LogP contribution in [0.1, 0.15) is 12.0 Å². The molecular weight excluding hydrogens is 282 g/mol. The normalized spacial score (nSPS) is 11.7. The number of sulfonamides is 1. The minimum Gasteiger partial charge on any atom is -0.478 e. The molecule has 1 aromatic rings. The molecule has 0 bridgehead atoms. The van der Waals surface area contributed by atoms with Crippen LogP contribution in [0.15, 0.2) is 29.4 Å². The highest BCUT2D eigenvalue weighted by molar-refractivity contribution is 7.89. The van der Waals surface area contributed by atoms with Crippen molar-refractivity contribution in [2.24, 2.45) is 0 Å². The number of pyridine rings is 1. The maximum absolute atomic E-state index is 12.2. The fourth-order valence-corrected chi connectivity index (χ4v) is 2.51. The summed E-state index contributed by atoms with van der Waals surface area (Å²) in [6, 6.07) is 3.19. The third-order valence-electron chi connectivity index (χ3n) is 2.40. The van der Waals surface area contributed by atoms with Gasteiger partial charge in [-0.15, -0.1) is 0 Å². The number of carbonyl (C=O) groups is 1. The van der Waals surface area contributed by atoms with Crippen molar-refractivity contribution in [2.45, 2.75) is 11.3 Å². The van der Waals surface area contributed by atoms with Crippen molar-refractivity contribution in [3.8, 4) is 6.07 Å². The molecule has 0 aromatic carbocycles. The molecule has 0 unspecified atom stereocenters. The van der Waals surface area contributed by atoms with Crippen molar-refractivity contribution in [3.05, 3.63) is 30.1 Å². The standard InChI is InChI=1S/C12H13N3O4S/c1-15(6-2-5-13)20(18,19)11-7-10(8-14-9-11)3-4-12(16)17/h3-4,7-9H,2,6H2,1H3,(H,16,17). The Morgan fingerprint density at radius 2 is 2.25 bits per heavy atom. The van der Waals surface area contributed by atoms with Gasteiger partial charge in [0.1, 0.15) is 4.90 Å². The second-order valence-electron chi connectivity index (χ2n) is 3.86. The van der Waals surface area contributed by atoms with Gasteiger partial charge in [-0.1, -0.05) is 0 Å². The first-order chi connectivity index (χ1) is 9.37. The Balaban J connectivity index is 3.05. The van der Waals surface area contributed by atoms with Crippen LogP contribution in [-0.2, 0) is 14.8 Å². The third kappa shape index (κ3) is 4.15. The number of hydrogen-bond donors (Lipinski definition) is 1. The van der Waals surface area contributed by atoms with E-state index in [0.29, 0.717) is 5.56 Å². The van der Waals surface area contributed by atoms with Crippen LogP contribution >= 0.6 is 0 Å². The molecule has 0 spiro atoms. The summed E-state index contributed by atoms with van der Waals surface area (Å²) in [7, 11) is -2.37. The second-order valence-corrected chi connectivity index (χ2v) is 5.91. The molecule has 0 aliphatic carbocycles. The average molecular weight is 295 g/mol. The number of carboxylic acids is 1. The monoisotopic (exact) mass is 295 g/mol. The van der Waals surface area contributed by atoms with E-state index in [1.165, 1.54) is 31.6 Å². The number of aliphatic carboxylic acids is 1. The molecule has 0 aliphatic rings. The van der Waals surface area contributed by atoms with Gasteiger partial charge in [0.15, 0.2) is 0 Å². The zero-order valence-corrected chi connectivity index (χ0v) is 11.5. The van der Waals surface area contributed by atoms with Crippen LogP contribution in [0.2, 0.25) is 0 Å². The molecule has 20 heavy (non-hydrogen) atoms. The average Bonchev–Trinajstić information content (AvgIpc) is 2.42. The second kappa shape index (κ2) is 6.79. The maximum atomic E-state index is 12.2. The number of aromatic nitrogens is 1. The van der Waals surface area contributed by atoms with Gasteiger partial charge in [-0.05, 0) is 17.7 Å². The molecule has 1 heterocycles. The molecule has 0 saturated carbocycles. The van der Waals surface area contributed by atoms with Crippen LogP contribution in [0.5, 0.6) is 0 Å². The minimum atomic E-state index is -3.73. The van der Waals surface area contributed by atoms with E-state index < -0.39 is 16.0 Å². The summed E-state index contributed by atoms with van der Waals surface area (Å²) in [5, 5.41) is 17.0. The fourth-order valence-electron chi connectivity index (χ4n) is 1.34. The lowest BCUT2D eigenvalue weighted by molar-refractivity contribution is -0.131. The van der Waals surface area contributed by atoms with Crippen LogP contribution in [0.3, 0.4) is 0 Å².